The normalized spacial score (nSPS) is 11.4. The van der Waals surface area contributed by atoms with E-state index in [9.17, 15) is 8.42 Å². The van der Waals surface area contributed by atoms with Crippen LogP contribution in [0.25, 0.3) is 0 Å². The average Bonchev–Trinajstić information content (AvgIpc) is 2.36. The molecule has 0 aliphatic heterocycles. The molecule has 2 rings (SSSR count). The Morgan fingerprint density at radius 1 is 1.19 bits per heavy atom. The first-order valence-corrected chi connectivity index (χ1v) is 8.62. The van der Waals surface area contributed by atoms with Crippen molar-refractivity contribution in [2.24, 2.45) is 5.14 Å². The highest BCUT2D eigenvalue weighted by Gasteiger charge is 2.18. The Bertz CT molecular complexity index is 772. The monoisotopic (exact) mass is 369 g/mol. The summed E-state index contributed by atoms with van der Waals surface area (Å²) in [5.74, 6) is 0.294. The van der Waals surface area contributed by atoms with E-state index in [1.807, 2.05) is 31.2 Å². The highest BCUT2D eigenvalue weighted by molar-refractivity contribution is 9.10. The number of hydrogen-bond donors (Lipinski definition) is 1. The predicted octanol–water partition coefficient (Wildman–Crippen LogP) is 3.29. The number of ether oxygens (including phenoxy) is 1. The molecule has 21 heavy (non-hydrogen) atoms. The van der Waals surface area contributed by atoms with Gasteiger partial charge < -0.3 is 4.74 Å². The van der Waals surface area contributed by atoms with Crippen LogP contribution >= 0.6 is 15.9 Å². The lowest BCUT2D eigenvalue weighted by atomic mass is 10.1. The molecule has 0 spiro atoms. The molecule has 0 aliphatic rings. The molecule has 6 heteroatoms. The van der Waals surface area contributed by atoms with E-state index >= 15 is 0 Å². The number of primary sulfonamides is 1. The zero-order valence-corrected chi connectivity index (χ0v) is 14.2. The van der Waals surface area contributed by atoms with Gasteiger partial charge in [0.2, 0.25) is 10.0 Å². The van der Waals surface area contributed by atoms with Crippen molar-refractivity contribution in [1.29, 1.82) is 0 Å². The quantitative estimate of drug-likeness (QED) is 0.898. The van der Waals surface area contributed by atoms with Crippen molar-refractivity contribution in [3.8, 4) is 5.75 Å². The molecular formula is C15H16BrNO3S. The third-order valence-corrected chi connectivity index (χ3v) is 4.35. The molecule has 0 atom stereocenters. The van der Waals surface area contributed by atoms with Gasteiger partial charge in [-0.2, -0.15) is 0 Å². The topological polar surface area (TPSA) is 69.4 Å². The minimum absolute atomic E-state index is 0.0120. The van der Waals surface area contributed by atoms with Crippen molar-refractivity contribution >= 4 is 26.0 Å². The van der Waals surface area contributed by atoms with E-state index in [-0.39, 0.29) is 11.5 Å². The summed E-state index contributed by atoms with van der Waals surface area (Å²) in [6, 6.07) is 11.1. The van der Waals surface area contributed by atoms with Crippen LogP contribution in [-0.4, -0.2) is 8.42 Å². The zero-order valence-electron chi connectivity index (χ0n) is 11.8. The molecule has 0 amide bonds. The first kappa shape index (κ1) is 16.0. The lowest BCUT2D eigenvalue weighted by Crippen LogP contribution is -2.14. The van der Waals surface area contributed by atoms with Crippen LogP contribution in [0.4, 0.5) is 0 Å². The summed E-state index contributed by atoms with van der Waals surface area (Å²) in [6.07, 6.45) is 0. The second-order valence-corrected chi connectivity index (χ2v) is 7.32. The molecular weight excluding hydrogens is 354 g/mol. The molecule has 2 aromatic rings. The van der Waals surface area contributed by atoms with Crippen LogP contribution in [0, 0.1) is 13.8 Å². The molecule has 2 N–H and O–H groups in total. The predicted molar refractivity (Wildman–Crippen MR) is 85.8 cm³/mol. The minimum Gasteiger partial charge on any atom is -0.487 e. The van der Waals surface area contributed by atoms with Gasteiger partial charge >= 0.3 is 0 Å². The van der Waals surface area contributed by atoms with Crippen LogP contribution in [-0.2, 0) is 16.6 Å². The molecule has 0 unspecified atom stereocenters. The van der Waals surface area contributed by atoms with Gasteiger partial charge in [0, 0.05) is 4.47 Å². The third-order valence-electron chi connectivity index (χ3n) is 2.98. The summed E-state index contributed by atoms with van der Waals surface area (Å²) in [5.41, 5.74) is 2.80. The van der Waals surface area contributed by atoms with Crippen molar-refractivity contribution in [1.82, 2.24) is 0 Å². The molecule has 0 fully saturated rings. The fourth-order valence-electron chi connectivity index (χ4n) is 2.05. The number of rotatable bonds is 4. The molecule has 4 nitrogen and oxygen atoms in total. The van der Waals surface area contributed by atoms with Gasteiger partial charge in [-0.25, -0.2) is 13.6 Å². The van der Waals surface area contributed by atoms with E-state index in [0.29, 0.717) is 15.8 Å². The summed E-state index contributed by atoms with van der Waals surface area (Å²) in [7, 11) is -3.85. The van der Waals surface area contributed by atoms with Gasteiger partial charge in [-0.15, -0.1) is 0 Å². The fraction of sp³-hybridized carbons (Fsp3) is 0.200. The van der Waals surface area contributed by atoms with Crippen molar-refractivity contribution in [2.45, 2.75) is 25.3 Å². The second-order valence-electron chi connectivity index (χ2n) is 4.87. The molecule has 0 heterocycles. The molecule has 0 saturated heterocycles. The van der Waals surface area contributed by atoms with Gasteiger partial charge in [0.15, 0.2) is 0 Å². The highest BCUT2D eigenvalue weighted by atomic mass is 79.9. The van der Waals surface area contributed by atoms with E-state index in [4.69, 9.17) is 9.88 Å². The third kappa shape index (κ3) is 4.06. The fourth-order valence-corrected chi connectivity index (χ4v) is 3.55. The van der Waals surface area contributed by atoms with Gasteiger partial charge in [-0.05, 0) is 37.1 Å². The standard InChI is InChI=1S/C15H16BrNO3S/c1-10-4-3-5-12(6-10)9-20-15-11(2)7-13(16)8-14(15)21(17,18)19/h3-8H,9H2,1-2H3,(H2,17,18,19). The number of nitrogens with two attached hydrogens (primary N) is 1. The second kappa shape index (κ2) is 6.17. The Kier molecular flexibility index (Phi) is 4.70. The average molecular weight is 370 g/mol. The number of hydrogen-bond acceptors (Lipinski definition) is 3. The van der Waals surface area contributed by atoms with Crippen molar-refractivity contribution in [3.05, 3.63) is 57.6 Å². The van der Waals surface area contributed by atoms with Crippen LogP contribution in [0.1, 0.15) is 16.7 Å². The van der Waals surface area contributed by atoms with Gasteiger partial charge in [-0.3, -0.25) is 0 Å². The maximum Gasteiger partial charge on any atom is 0.241 e. The SMILES string of the molecule is Cc1cccc(COc2c(C)cc(Br)cc2S(N)(=O)=O)c1. The molecule has 0 radical (unpaired) electrons. The van der Waals surface area contributed by atoms with E-state index in [2.05, 4.69) is 15.9 Å². The Hall–Kier alpha value is -1.37. The smallest absolute Gasteiger partial charge is 0.241 e. The van der Waals surface area contributed by atoms with Crippen LogP contribution < -0.4 is 9.88 Å². The van der Waals surface area contributed by atoms with Crippen LogP contribution in [0.3, 0.4) is 0 Å². The largest absolute Gasteiger partial charge is 0.487 e. The molecule has 0 bridgehead atoms. The summed E-state index contributed by atoms with van der Waals surface area (Å²) < 4.78 is 29.8. The van der Waals surface area contributed by atoms with E-state index < -0.39 is 10.0 Å². The van der Waals surface area contributed by atoms with Gasteiger partial charge in [0.05, 0.1) is 0 Å². The first-order valence-electron chi connectivity index (χ1n) is 6.28. The molecule has 2 aromatic carbocycles. The number of aryl methyl sites for hydroxylation is 2. The van der Waals surface area contributed by atoms with Gasteiger partial charge in [0.1, 0.15) is 17.3 Å². The summed E-state index contributed by atoms with van der Waals surface area (Å²) in [6.45, 7) is 4.06. The van der Waals surface area contributed by atoms with Gasteiger partial charge in [-0.1, -0.05) is 45.8 Å². The van der Waals surface area contributed by atoms with Crippen molar-refractivity contribution in [3.63, 3.8) is 0 Å². The van der Waals surface area contributed by atoms with E-state index in [0.717, 1.165) is 11.1 Å². The maximum atomic E-state index is 11.7. The Labute approximate surface area is 133 Å². The zero-order chi connectivity index (χ0) is 15.6. The maximum absolute atomic E-state index is 11.7. The van der Waals surface area contributed by atoms with Gasteiger partial charge in [0.25, 0.3) is 0 Å². The molecule has 0 aromatic heterocycles. The summed E-state index contributed by atoms with van der Waals surface area (Å²) in [5, 5.41) is 5.26. The highest BCUT2D eigenvalue weighted by Crippen LogP contribution is 2.31. The van der Waals surface area contributed by atoms with Crippen molar-refractivity contribution < 1.29 is 13.2 Å². The summed E-state index contributed by atoms with van der Waals surface area (Å²) in [4.78, 5) is -0.0120. The van der Waals surface area contributed by atoms with Crippen LogP contribution in [0.15, 0.2) is 45.8 Å². The Morgan fingerprint density at radius 2 is 1.90 bits per heavy atom. The first-order chi connectivity index (χ1) is 9.77. The lowest BCUT2D eigenvalue weighted by molar-refractivity contribution is 0.295. The van der Waals surface area contributed by atoms with Crippen molar-refractivity contribution in [2.75, 3.05) is 0 Å². The number of sulfonamides is 1. The Morgan fingerprint density at radius 3 is 2.52 bits per heavy atom. The Balaban J connectivity index is 2.36. The molecule has 0 saturated carbocycles. The van der Waals surface area contributed by atoms with E-state index in [1.54, 1.807) is 13.0 Å². The molecule has 112 valence electrons. The van der Waals surface area contributed by atoms with Crippen LogP contribution in [0.5, 0.6) is 5.75 Å². The molecule has 0 aliphatic carbocycles. The minimum atomic E-state index is -3.85. The summed E-state index contributed by atoms with van der Waals surface area (Å²) >= 11 is 3.27. The van der Waals surface area contributed by atoms with Crippen LogP contribution in [0.2, 0.25) is 0 Å². The van der Waals surface area contributed by atoms with E-state index in [1.165, 1.54) is 6.07 Å². The lowest BCUT2D eigenvalue weighted by Gasteiger charge is -2.14. The number of benzene rings is 2. The number of halogens is 1.